The monoisotopic (exact) mass is 438 g/mol. The van der Waals surface area contributed by atoms with E-state index in [0.29, 0.717) is 37.9 Å². The van der Waals surface area contributed by atoms with Crippen LogP contribution < -0.4 is 14.8 Å². The third-order valence-corrected chi connectivity index (χ3v) is 5.98. The van der Waals surface area contributed by atoms with Crippen molar-refractivity contribution in [2.24, 2.45) is 0 Å². The smallest absolute Gasteiger partial charge is 0.244 e. The lowest BCUT2D eigenvalue weighted by Gasteiger charge is -2.26. The molecule has 1 saturated heterocycles. The molecule has 0 saturated carbocycles. The molecule has 0 bridgehead atoms. The van der Waals surface area contributed by atoms with Gasteiger partial charge in [0.1, 0.15) is 13.2 Å². The molecule has 0 spiro atoms. The van der Waals surface area contributed by atoms with Crippen molar-refractivity contribution in [2.45, 2.75) is 39.2 Å². The topological polar surface area (TPSA) is 77.1 Å². The van der Waals surface area contributed by atoms with Crippen LogP contribution in [0.5, 0.6) is 11.5 Å². The van der Waals surface area contributed by atoms with Crippen molar-refractivity contribution in [2.75, 3.05) is 38.2 Å². The molecule has 2 amide bonds. The molecule has 1 atom stereocenters. The zero-order chi connectivity index (χ0) is 22.5. The van der Waals surface area contributed by atoms with Gasteiger partial charge in [-0.05, 0) is 61.6 Å². The van der Waals surface area contributed by atoms with Crippen molar-refractivity contribution in [1.29, 1.82) is 0 Å². The Morgan fingerprint density at radius 1 is 1.06 bits per heavy atom. The number of anilines is 1. The maximum Gasteiger partial charge on any atom is 0.244 e. The molecule has 0 aliphatic carbocycles. The fraction of sp³-hybridized carbons (Fsp3) is 0.440. The molecule has 0 radical (unpaired) electrons. The predicted molar refractivity (Wildman–Crippen MR) is 121 cm³/mol. The molecule has 32 heavy (non-hydrogen) atoms. The van der Waals surface area contributed by atoms with Crippen LogP contribution in [0.15, 0.2) is 36.4 Å². The number of nitrogens with one attached hydrogen (secondary N) is 1. The molecule has 170 valence electrons. The third-order valence-electron chi connectivity index (χ3n) is 5.98. The second-order valence-electron chi connectivity index (χ2n) is 8.36. The minimum atomic E-state index is -0.216. The number of aryl methyl sites for hydroxylation is 1. The number of carbonyl (C=O) groups is 2. The zero-order valence-corrected chi connectivity index (χ0v) is 18.7. The second-order valence-corrected chi connectivity index (χ2v) is 8.36. The molecule has 2 aliphatic rings. The van der Waals surface area contributed by atoms with Crippen LogP contribution in [0.3, 0.4) is 0 Å². The summed E-state index contributed by atoms with van der Waals surface area (Å²) in [6.07, 6.45) is 2.02. The number of fused-ring (bicyclic) bond motifs is 1. The van der Waals surface area contributed by atoms with Crippen molar-refractivity contribution >= 4 is 17.5 Å². The summed E-state index contributed by atoms with van der Waals surface area (Å²) in [6, 6.07) is 11.3. The average molecular weight is 439 g/mol. The molecule has 0 unspecified atom stereocenters. The Balaban J connectivity index is 1.45. The Bertz CT molecular complexity index is 984. The van der Waals surface area contributed by atoms with Crippen molar-refractivity contribution in [3.63, 3.8) is 0 Å². The van der Waals surface area contributed by atoms with Gasteiger partial charge in [0.25, 0.3) is 0 Å². The zero-order valence-electron chi connectivity index (χ0n) is 18.7. The van der Waals surface area contributed by atoms with Crippen molar-refractivity contribution < 1.29 is 23.8 Å². The van der Waals surface area contributed by atoms with Gasteiger partial charge in [0.2, 0.25) is 11.8 Å². The molecule has 2 heterocycles. The first-order valence-corrected chi connectivity index (χ1v) is 11.1. The minimum Gasteiger partial charge on any atom is -0.486 e. The summed E-state index contributed by atoms with van der Waals surface area (Å²) in [5.74, 6) is 1.01. The summed E-state index contributed by atoms with van der Waals surface area (Å²) in [6.45, 7) is 6.08. The van der Waals surface area contributed by atoms with Gasteiger partial charge in [-0.25, -0.2) is 0 Å². The van der Waals surface area contributed by atoms with E-state index in [1.807, 2.05) is 50.2 Å². The van der Waals surface area contributed by atoms with Gasteiger partial charge in [-0.1, -0.05) is 18.2 Å². The van der Waals surface area contributed by atoms with E-state index < -0.39 is 0 Å². The van der Waals surface area contributed by atoms with Gasteiger partial charge < -0.3 is 24.4 Å². The molecule has 1 fully saturated rings. The molecule has 7 heteroatoms. The van der Waals surface area contributed by atoms with Crippen LogP contribution in [0.25, 0.3) is 0 Å². The standard InChI is InChI=1S/C25H30N2O5/c1-17-5-3-7-21(18(17)2)26-24(28)16-27(15-20-6-4-10-30-20)25(29)14-19-8-9-22-23(13-19)32-12-11-31-22/h3,5,7-9,13,20H,4,6,10-12,14-16H2,1-2H3,(H,26,28)/t20-/m1/s1. The first kappa shape index (κ1) is 22.1. The van der Waals surface area contributed by atoms with Crippen LogP contribution in [0.4, 0.5) is 5.69 Å². The van der Waals surface area contributed by atoms with Gasteiger partial charge >= 0.3 is 0 Å². The van der Waals surface area contributed by atoms with Crippen LogP contribution in [-0.4, -0.2) is 55.7 Å². The van der Waals surface area contributed by atoms with Gasteiger partial charge in [-0.15, -0.1) is 0 Å². The van der Waals surface area contributed by atoms with Crippen LogP contribution in [0, 0.1) is 13.8 Å². The van der Waals surface area contributed by atoms with Crippen molar-refractivity contribution in [1.82, 2.24) is 4.90 Å². The molecule has 4 rings (SSSR count). The molecule has 2 aliphatic heterocycles. The maximum absolute atomic E-state index is 13.2. The lowest BCUT2D eigenvalue weighted by Crippen LogP contribution is -2.43. The molecule has 2 aromatic carbocycles. The highest BCUT2D eigenvalue weighted by atomic mass is 16.6. The summed E-state index contributed by atoms with van der Waals surface area (Å²) in [4.78, 5) is 27.6. The van der Waals surface area contributed by atoms with Crippen LogP contribution >= 0.6 is 0 Å². The van der Waals surface area contributed by atoms with E-state index >= 15 is 0 Å². The van der Waals surface area contributed by atoms with Gasteiger partial charge in [0.05, 0.1) is 19.1 Å². The lowest BCUT2D eigenvalue weighted by atomic mass is 10.1. The highest BCUT2D eigenvalue weighted by Crippen LogP contribution is 2.31. The fourth-order valence-electron chi connectivity index (χ4n) is 4.02. The highest BCUT2D eigenvalue weighted by Gasteiger charge is 2.25. The largest absolute Gasteiger partial charge is 0.486 e. The van der Waals surface area contributed by atoms with E-state index in [0.717, 1.165) is 35.2 Å². The number of hydrogen-bond donors (Lipinski definition) is 1. The Morgan fingerprint density at radius 2 is 1.88 bits per heavy atom. The van der Waals surface area contributed by atoms with E-state index in [4.69, 9.17) is 14.2 Å². The molecule has 7 nitrogen and oxygen atoms in total. The van der Waals surface area contributed by atoms with E-state index in [1.165, 1.54) is 0 Å². The fourth-order valence-corrected chi connectivity index (χ4v) is 4.02. The highest BCUT2D eigenvalue weighted by molar-refractivity contribution is 5.95. The minimum absolute atomic E-state index is 0.0172. The molecule has 0 aromatic heterocycles. The molecule has 1 N–H and O–H groups in total. The number of rotatable bonds is 7. The Hall–Kier alpha value is -3.06. The van der Waals surface area contributed by atoms with E-state index in [9.17, 15) is 9.59 Å². The Labute approximate surface area is 188 Å². The average Bonchev–Trinajstić information content (AvgIpc) is 3.29. The van der Waals surface area contributed by atoms with Crippen LogP contribution in [0.2, 0.25) is 0 Å². The predicted octanol–water partition coefficient (Wildman–Crippen LogP) is 3.26. The Morgan fingerprint density at radius 3 is 2.66 bits per heavy atom. The van der Waals surface area contributed by atoms with Gasteiger partial charge in [0.15, 0.2) is 11.5 Å². The summed E-state index contributed by atoms with van der Waals surface area (Å²) < 4.78 is 16.9. The third kappa shape index (κ3) is 5.40. The summed E-state index contributed by atoms with van der Waals surface area (Å²) >= 11 is 0. The van der Waals surface area contributed by atoms with E-state index in [2.05, 4.69) is 5.32 Å². The number of hydrogen-bond acceptors (Lipinski definition) is 5. The first-order valence-electron chi connectivity index (χ1n) is 11.1. The van der Waals surface area contributed by atoms with Gasteiger partial charge in [0, 0.05) is 18.8 Å². The quantitative estimate of drug-likeness (QED) is 0.718. The summed E-state index contributed by atoms with van der Waals surface area (Å²) in [5.41, 5.74) is 3.72. The maximum atomic E-state index is 13.2. The number of ether oxygens (including phenoxy) is 3. The van der Waals surface area contributed by atoms with E-state index in [1.54, 1.807) is 4.90 Å². The molecular formula is C25H30N2O5. The number of carbonyl (C=O) groups excluding carboxylic acids is 2. The van der Waals surface area contributed by atoms with Crippen LogP contribution in [-0.2, 0) is 20.7 Å². The normalized spacial score (nSPS) is 17.1. The summed E-state index contributed by atoms with van der Waals surface area (Å²) in [7, 11) is 0. The number of nitrogens with zero attached hydrogens (tertiary/aromatic N) is 1. The number of benzene rings is 2. The van der Waals surface area contributed by atoms with Crippen molar-refractivity contribution in [3.05, 3.63) is 53.1 Å². The molecule has 2 aromatic rings. The van der Waals surface area contributed by atoms with Gasteiger partial charge in [-0.3, -0.25) is 9.59 Å². The van der Waals surface area contributed by atoms with Crippen molar-refractivity contribution in [3.8, 4) is 11.5 Å². The second kappa shape index (κ2) is 10.0. The summed E-state index contributed by atoms with van der Waals surface area (Å²) in [5, 5.41) is 2.96. The van der Waals surface area contributed by atoms with Gasteiger partial charge in [-0.2, -0.15) is 0 Å². The lowest BCUT2D eigenvalue weighted by molar-refractivity contribution is -0.135. The van der Waals surface area contributed by atoms with E-state index in [-0.39, 0.29) is 30.9 Å². The first-order chi connectivity index (χ1) is 15.5. The Kier molecular flexibility index (Phi) is 6.95. The molecular weight excluding hydrogens is 408 g/mol. The SMILES string of the molecule is Cc1cccc(NC(=O)CN(C[C@H]2CCCO2)C(=O)Cc2ccc3c(c2)OCCO3)c1C. The number of amides is 2. The van der Waals surface area contributed by atoms with Crippen LogP contribution in [0.1, 0.15) is 29.5 Å².